The highest BCUT2D eigenvalue weighted by Gasteiger charge is 1.92. The molecule has 1 aromatic heterocycles. The van der Waals surface area contributed by atoms with E-state index in [1.165, 1.54) is 6.20 Å². The Hall–Kier alpha value is -1.32. The second kappa shape index (κ2) is 3.00. The van der Waals surface area contributed by atoms with Crippen molar-refractivity contribution in [2.24, 2.45) is 0 Å². The van der Waals surface area contributed by atoms with Crippen molar-refractivity contribution >= 4 is 5.69 Å². The molecule has 4 heteroatoms. The van der Waals surface area contributed by atoms with E-state index in [2.05, 4.69) is 10.2 Å². The molecule has 0 radical (unpaired) electrons. The third-order valence-electron chi connectivity index (χ3n) is 0.945. The maximum absolute atomic E-state index is 5.41. The van der Waals surface area contributed by atoms with Crippen LogP contribution in [0.5, 0.6) is 5.88 Å². The fourth-order valence-corrected chi connectivity index (χ4v) is 0.580. The molecule has 1 rings (SSSR count). The van der Waals surface area contributed by atoms with Gasteiger partial charge in [-0.25, -0.2) is 0 Å². The maximum atomic E-state index is 5.41. The Morgan fingerprint density at radius 2 is 2.50 bits per heavy atom. The molecule has 0 unspecified atom stereocenters. The molecule has 10 heavy (non-hydrogen) atoms. The Labute approximate surface area is 59.0 Å². The van der Waals surface area contributed by atoms with E-state index in [0.717, 1.165) is 0 Å². The van der Waals surface area contributed by atoms with E-state index < -0.39 is 0 Å². The zero-order valence-electron chi connectivity index (χ0n) is 5.74. The highest BCUT2D eigenvalue weighted by molar-refractivity contribution is 5.36. The molecule has 0 saturated heterocycles. The summed E-state index contributed by atoms with van der Waals surface area (Å²) in [5, 5.41) is 7.28. The summed E-state index contributed by atoms with van der Waals surface area (Å²) < 4.78 is 5.03. The van der Waals surface area contributed by atoms with Crippen molar-refractivity contribution in [3.05, 3.63) is 12.3 Å². The monoisotopic (exact) mass is 139 g/mol. The van der Waals surface area contributed by atoms with Crippen LogP contribution in [0.1, 0.15) is 6.92 Å². The lowest BCUT2D eigenvalue weighted by molar-refractivity contribution is 0.323. The number of hydrogen-bond donors (Lipinski definition) is 1. The summed E-state index contributed by atoms with van der Waals surface area (Å²) in [4.78, 5) is 0. The first-order chi connectivity index (χ1) is 4.83. The SMILES string of the molecule is CCOc1cc(N)cnn1. The van der Waals surface area contributed by atoms with Gasteiger partial charge in [0.1, 0.15) is 0 Å². The van der Waals surface area contributed by atoms with E-state index in [1.807, 2.05) is 6.92 Å². The molecule has 2 N–H and O–H groups in total. The quantitative estimate of drug-likeness (QED) is 0.646. The maximum Gasteiger partial charge on any atom is 0.235 e. The first-order valence-corrected chi connectivity index (χ1v) is 3.04. The third-order valence-corrected chi connectivity index (χ3v) is 0.945. The summed E-state index contributed by atoms with van der Waals surface area (Å²) in [6.07, 6.45) is 1.47. The predicted octanol–water partition coefficient (Wildman–Crippen LogP) is 0.457. The van der Waals surface area contributed by atoms with E-state index in [1.54, 1.807) is 6.07 Å². The highest BCUT2D eigenvalue weighted by Crippen LogP contribution is 2.07. The molecule has 0 aliphatic carbocycles. The molecule has 4 nitrogen and oxygen atoms in total. The first kappa shape index (κ1) is 6.80. The van der Waals surface area contributed by atoms with E-state index in [4.69, 9.17) is 10.5 Å². The van der Waals surface area contributed by atoms with Gasteiger partial charge in [-0.2, -0.15) is 5.10 Å². The van der Waals surface area contributed by atoms with E-state index in [-0.39, 0.29) is 0 Å². The summed E-state index contributed by atoms with van der Waals surface area (Å²) in [5.41, 5.74) is 5.97. The lowest BCUT2D eigenvalue weighted by Gasteiger charge is -1.99. The molecule has 0 saturated carbocycles. The molecule has 1 heterocycles. The van der Waals surface area contributed by atoms with Crippen LogP contribution in [0.25, 0.3) is 0 Å². The van der Waals surface area contributed by atoms with Crippen LogP contribution in [0.2, 0.25) is 0 Å². The van der Waals surface area contributed by atoms with E-state index >= 15 is 0 Å². The van der Waals surface area contributed by atoms with Crippen molar-refractivity contribution in [2.45, 2.75) is 6.92 Å². The fraction of sp³-hybridized carbons (Fsp3) is 0.333. The van der Waals surface area contributed by atoms with Gasteiger partial charge in [-0.1, -0.05) is 0 Å². The Balaban J connectivity index is 2.75. The van der Waals surface area contributed by atoms with Gasteiger partial charge < -0.3 is 10.5 Å². The molecular weight excluding hydrogens is 130 g/mol. The van der Waals surface area contributed by atoms with Crippen LogP contribution in [0.4, 0.5) is 5.69 Å². The summed E-state index contributed by atoms with van der Waals surface area (Å²) in [5.74, 6) is 0.475. The largest absolute Gasteiger partial charge is 0.477 e. The van der Waals surface area contributed by atoms with Crippen LogP contribution in [-0.4, -0.2) is 16.8 Å². The average molecular weight is 139 g/mol. The van der Waals surface area contributed by atoms with Gasteiger partial charge in [0.15, 0.2) is 0 Å². The normalized spacial score (nSPS) is 9.30. The van der Waals surface area contributed by atoms with Gasteiger partial charge in [0.05, 0.1) is 18.5 Å². The summed E-state index contributed by atoms with van der Waals surface area (Å²) in [7, 11) is 0. The number of aromatic nitrogens is 2. The molecule has 54 valence electrons. The van der Waals surface area contributed by atoms with Crippen LogP contribution in [0, 0.1) is 0 Å². The molecule has 0 aliphatic heterocycles. The number of ether oxygens (including phenoxy) is 1. The molecule has 1 aromatic rings. The molecule has 0 aromatic carbocycles. The van der Waals surface area contributed by atoms with Crippen molar-refractivity contribution in [2.75, 3.05) is 12.3 Å². The summed E-state index contributed by atoms with van der Waals surface area (Å²) >= 11 is 0. The summed E-state index contributed by atoms with van der Waals surface area (Å²) in [6.45, 7) is 2.46. The van der Waals surface area contributed by atoms with Gasteiger partial charge in [0, 0.05) is 6.07 Å². The van der Waals surface area contributed by atoms with Crippen molar-refractivity contribution in [1.82, 2.24) is 10.2 Å². The molecule has 0 aliphatic rings. The van der Waals surface area contributed by atoms with Crippen molar-refractivity contribution in [3.63, 3.8) is 0 Å². The molecule has 0 bridgehead atoms. The van der Waals surface area contributed by atoms with Gasteiger partial charge in [-0.3, -0.25) is 0 Å². The van der Waals surface area contributed by atoms with Gasteiger partial charge in [-0.15, -0.1) is 5.10 Å². The Bertz CT molecular complexity index is 214. The topological polar surface area (TPSA) is 61.0 Å². The molecular formula is C6H9N3O. The minimum absolute atomic E-state index is 0.475. The molecule has 0 atom stereocenters. The Morgan fingerprint density at radius 3 is 3.10 bits per heavy atom. The number of nitrogens with zero attached hydrogens (tertiary/aromatic N) is 2. The van der Waals surface area contributed by atoms with Gasteiger partial charge >= 0.3 is 0 Å². The van der Waals surface area contributed by atoms with E-state index in [9.17, 15) is 0 Å². The summed E-state index contributed by atoms with van der Waals surface area (Å²) in [6, 6.07) is 1.64. The third kappa shape index (κ3) is 1.58. The average Bonchev–Trinajstić information content (AvgIpc) is 1.88. The number of nitrogen functional groups attached to an aromatic ring is 1. The zero-order chi connectivity index (χ0) is 7.40. The van der Waals surface area contributed by atoms with E-state index in [0.29, 0.717) is 18.2 Å². The second-order valence-electron chi connectivity index (χ2n) is 1.76. The molecule has 0 fully saturated rings. The van der Waals surface area contributed by atoms with Gasteiger partial charge in [0.25, 0.3) is 0 Å². The number of anilines is 1. The number of rotatable bonds is 2. The Kier molecular flexibility index (Phi) is 2.04. The molecule has 0 spiro atoms. The minimum atomic E-state index is 0.475. The predicted molar refractivity (Wildman–Crippen MR) is 37.6 cm³/mol. The van der Waals surface area contributed by atoms with Crippen LogP contribution >= 0.6 is 0 Å². The van der Waals surface area contributed by atoms with Gasteiger partial charge in [0.2, 0.25) is 5.88 Å². The smallest absolute Gasteiger partial charge is 0.235 e. The first-order valence-electron chi connectivity index (χ1n) is 3.04. The van der Waals surface area contributed by atoms with Crippen molar-refractivity contribution < 1.29 is 4.74 Å². The van der Waals surface area contributed by atoms with Crippen LogP contribution < -0.4 is 10.5 Å². The van der Waals surface area contributed by atoms with Crippen molar-refractivity contribution in [3.8, 4) is 5.88 Å². The van der Waals surface area contributed by atoms with Gasteiger partial charge in [-0.05, 0) is 6.92 Å². The standard InChI is InChI=1S/C6H9N3O/c1-2-10-6-3-5(7)4-8-9-6/h3-4H,2H2,1H3,(H2,7,9). The van der Waals surface area contributed by atoms with Crippen LogP contribution in [0.15, 0.2) is 12.3 Å². The zero-order valence-corrected chi connectivity index (χ0v) is 5.74. The molecule has 0 amide bonds. The van der Waals surface area contributed by atoms with Crippen LogP contribution in [-0.2, 0) is 0 Å². The lowest BCUT2D eigenvalue weighted by Crippen LogP contribution is -1.97. The fourth-order valence-electron chi connectivity index (χ4n) is 0.580. The number of hydrogen-bond acceptors (Lipinski definition) is 4. The lowest BCUT2D eigenvalue weighted by atomic mass is 10.5. The number of nitrogens with two attached hydrogens (primary N) is 1. The minimum Gasteiger partial charge on any atom is -0.477 e. The van der Waals surface area contributed by atoms with Crippen molar-refractivity contribution in [1.29, 1.82) is 0 Å². The highest BCUT2D eigenvalue weighted by atomic mass is 16.5. The second-order valence-corrected chi connectivity index (χ2v) is 1.76. The Morgan fingerprint density at radius 1 is 1.70 bits per heavy atom. The van der Waals surface area contributed by atoms with Crippen LogP contribution in [0.3, 0.4) is 0 Å².